The maximum Gasteiger partial charge on any atom is 0.326 e. The minimum Gasteiger partial charge on any atom is -0.436 e. The molecule has 0 saturated carbocycles. The monoisotopic (exact) mass is 454 g/mol. The molecule has 0 aromatic carbocycles. The lowest BCUT2D eigenvalue weighted by Crippen LogP contribution is -2.57. The summed E-state index contributed by atoms with van der Waals surface area (Å²) in [5, 5.41) is 0. The molecule has 0 rings (SSSR count). The molecular weight excluding hydrogens is 409 g/mol. The van der Waals surface area contributed by atoms with E-state index in [0.29, 0.717) is 0 Å². The van der Waals surface area contributed by atoms with Gasteiger partial charge in [0.25, 0.3) is 0 Å². The SMILES string of the molecule is CCOCCC[Si](C)(OC(C)(CC)O[Si](C)(C)O[Si](C)(C)C)O[Si](C)(C)C. The smallest absolute Gasteiger partial charge is 0.326 e. The summed E-state index contributed by atoms with van der Waals surface area (Å²) in [5.74, 6) is -0.679. The van der Waals surface area contributed by atoms with Gasteiger partial charge in [0.2, 0.25) is 0 Å². The molecule has 0 radical (unpaired) electrons. The van der Waals surface area contributed by atoms with Crippen LogP contribution in [0, 0.1) is 0 Å². The molecule has 0 aliphatic rings. The standard InChI is InChI=1S/C18H46O5Si4/c1-13-18(3,20-26(10,11)22-24(4,5)6)21-27(12,23-25(7,8)9)17-15-16-19-14-2/h13-17H2,1-12H3. The summed E-state index contributed by atoms with van der Waals surface area (Å²) in [5.41, 5.74) is 0. The van der Waals surface area contributed by atoms with Crippen LogP contribution in [0.3, 0.4) is 0 Å². The van der Waals surface area contributed by atoms with Gasteiger partial charge in [-0.2, -0.15) is 0 Å². The molecule has 0 saturated heterocycles. The van der Waals surface area contributed by atoms with E-state index in [9.17, 15) is 0 Å². The van der Waals surface area contributed by atoms with Crippen LogP contribution in [-0.4, -0.2) is 52.8 Å². The lowest BCUT2D eigenvalue weighted by atomic mass is 10.3. The van der Waals surface area contributed by atoms with E-state index in [1.54, 1.807) is 0 Å². The van der Waals surface area contributed by atoms with Crippen LogP contribution in [-0.2, 0) is 21.8 Å². The molecule has 0 heterocycles. The second kappa shape index (κ2) is 10.6. The Morgan fingerprint density at radius 2 is 1.26 bits per heavy atom. The summed E-state index contributed by atoms with van der Waals surface area (Å²) in [6.07, 6.45) is 1.72. The highest BCUT2D eigenvalue weighted by molar-refractivity contribution is 6.82. The third-order valence-electron chi connectivity index (χ3n) is 3.73. The van der Waals surface area contributed by atoms with Crippen molar-refractivity contribution in [1.82, 2.24) is 0 Å². The van der Waals surface area contributed by atoms with Crippen molar-refractivity contribution in [3.8, 4) is 0 Å². The van der Waals surface area contributed by atoms with Crippen LogP contribution >= 0.6 is 0 Å². The van der Waals surface area contributed by atoms with Crippen LogP contribution in [0.25, 0.3) is 0 Å². The first-order chi connectivity index (χ1) is 11.9. The lowest BCUT2D eigenvalue weighted by Gasteiger charge is -2.45. The Kier molecular flexibility index (Phi) is 10.9. The van der Waals surface area contributed by atoms with Crippen LogP contribution < -0.4 is 0 Å². The van der Waals surface area contributed by atoms with E-state index in [0.717, 1.165) is 32.1 Å². The van der Waals surface area contributed by atoms with E-state index in [-0.39, 0.29) is 0 Å². The van der Waals surface area contributed by atoms with Crippen molar-refractivity contribution < 1.29 is 21.8 Å². The van der Waals surface area contributed by atoms with E-state index in [2.05, 4.69) is 72.8 Å². The predicted molar refractivity (Wildman–Crippen MR) is 125 cm³/mol. The molecule has 0 bridgehead atoms. The summed E-state index contributed by atoms with van der Waals surface area (Å²) >= 11 is 0. The molecule has 2 unspecified atom stereocenters. The highest BCUT2D eigenvalue weighted by Crippen LogP contribution is 2.32. The zero-order valence-electron chi connectivity index (χ0n) is 20.1. The van der Waals surface area contributed by atoms with E-state index in [1.807, 2.05) is 6.92 Å². The Labute approximate surface area is 173 Å². The Morgan fingerprint density at radius 1 is 0.741 bits per heavy atom. The number of rotatable bonds is 14. The van der Waals surface area contributed by atoms with Crippen LogP contribution in [0.2, 0.25) is 65.0 Å². The fourth-order valence-electron chi connectivity index (χ4n) is 3.31. The summed E-state index contributed by atoms with van der Waals surface area (Å²) in [4.78, 5) is 0. The van der Waals surface area contributed by atoms with Crippen molar-refractivity contribution in [3.63, 3.8) is 0 Å². The first kappa shape index (κ1) is 27.7. The minimum absolute atomic E-state index is 0.679. The minimum atomic E-state index is -2.41. The summed E-state index contributed by atoms with van der Waals surface area (Å²) in [6.45, 7) is 27.4. The highest BCUT2D eigenvalue weighted by Gasteiger charge is 2.46. The van der Waals surface area contributed by atoms with Crippen molar-refractivity contribution in [2.45, 2.75) is 104 Å². The molecule has 2 atom stereocenters. The Bertz CT molecular complexity index is 436. The van der Waals surface area contributed by atoms with Gasteiger partial charge in [-0.05, 0) is 91.7 Å². The molecule has 0 aromatic rings. The van der Waals surface area contributed by atoms with Crippen molar-refractivity contribution in [1.29, 1.82) is 0 Å². The summed E-state index contributed by atoms with van der Waals surface area (Å²) in [6, 6.07) is 0.910. The summed E-state index contributed by atoms with van der Waals surface area (Å²) < 4.78 is 31.8. The van der Waals surface area contributed by atoms with E-state index >= 15 is 0 Å². The van der Waals surface area contributed by atoms with Gasteiger partial charge in [-0.3, -0.25) is 0 Å². The van der Waals surface area contributed by atoms with Gasteiger partial charge in [-0.15, -0.1) is 0 Å². The molecule has 5 nitrogen and oxygen atoms in total. The third-order valence-corrected chi connectivity index (χ3v) is 15.4. The molecule has 0 spiro atoms. The van der Waals surface area contributed by atoms with Crippen molar-refractivity contribution >= 4 is 33.8 Å². The number of hydrogen-bond donors (Lipinski definition) is 0. The maximum absolute atomic E-state index is 6.73. The van der Waals surface area contributed by atoms with E-state index < -0.39 is 39.5 Å². The number of hydrogen-bond acceptors (Lipinski definition) is 5. The largest absolute Gasteiger partial charge is 0.436 e. The maximum atomic E-state index is 6.73. The Hall–Kier alpha value is 0.668. The quantitative estimate of drug-likeness (QED) is 0.182. The van der Waals surface area contributed by atoms with Crippen LogP contribution in [0.1, 0.15) is 33.6 Å². The normalized spacial score (nSPS) is 18.2. The molecule has 9 heteroatoms. The topological polar surface area (TPSA) is 46.2 Å². The van der Waals surface area contributed by atoms with Crippen LogP contribution in [0.5, 0.6) is 0 Å². The Balaban J connectivity index is 5.34. The average Bonchev–Trinajstić information content (AvgIpc) is 2.37. The van der Waals surface area contributed by atoms with Gasteiger partial charge in [-0.1, -0.05) is 6.92 Å². The van der Waals surface area contributed by atoms with Crippen molar-refractivity contribution in [3.05, 3.63) is 0 Å². The molecule has 0 N–H and O–H groups in total. The molecule has 0 fully saturated rings. The highest BCUT2D eigenvalue weighted by atomic mass is 28.4. The first-order valence-electron chi connectivity index (χ1n) is 10.3. The van der Waals surface area contributed by atoms with Gasteiger partial charge < -0.3 is 21.8 Å². The van der Waals surface area contributed by atoms with Gasteiger partial charge in [0.1, 0.15) is 5.79 Å². The molecule has 0 amide bonds. The molecule has 164 valence electrons. The molecule has 0 aliphatic heterocycles. The van der Waals surface area contributed by atoms with Crippen LogP contribution in [0.15, 0.2) is 0 Å². The second-order valence-corrected chi connectivity index (χ2v) is 26.0. The van der Waals surface area contributed by atoms with Crippen molar-refractivity contribution in [2.24, 2.45) is 0 Å². The molecule has 27 heavy (non-hydrogen) atoms. The fraction of sp³-hybridized carbons (Fsp3) is 1.00. The predicted octanol–water partition coefficient (Wildman–Crippen LogP) is 6.05. The molecular formula is C18H46O5Si4. The van der Waals surface area contributed by atoms with E-state index in [4.69, 9.17) is 21.8 Å². The van der Waals surface area contributed by atoms with Gasteiger partial charge in [0, 0.05) is 13.2 Å². The van der Waals surface area contributed by atoms with Crippen molar-refractivity contribution in [2.75, 3.05) is 13.2 Å². The molecule has 0 aliphatic carbocycles. The zero-order valence-corrected chi connectivity index (χ0v) is 24.1. The van der Waals surface area contributed by atoms with Gasteiger partial charge in [0.05, 0.1) is 0 Å². The van der Waals surface area contributed by atoms with Gasteiger partial charge in [0.15, 0.2) is 16.6 Å². The number of ether oxygens (including phenoxy) is 1. The second-order valence-electron chi connectivity index (χ2n) is 9.95. The molecule has 0 aromatic heterocycles. The van der Waals surface area contributed by atoms with Gasteiger partial charge in [-0.25, -0.2) is 0 Å². The Morgan fingerprint density at radius 3 is 1.67 bits per heavy atom. The fourth-order valence-corrected chi connectivity index (χ4v) is 18.4. The lowest BCUT2D eigenvalue weighted by molar-refractivity contribution is -0.132. The van der Waals surface area contributed by atoms with Gasteiger partial charge >= 0.3 is 17.1 Å². The average molecular weight is 455 g/mol. The third kappa shape index (κ3) is 13.5. The van der Waals surface area contributed by atoms with E-state index in [1.165, 1.54) is 0 Å². The zero-order chi connectivity index (χ0) is 21.6. The first-order valence-corrected chi connectivity index (χ1v) is 22.5. The summed E-state index contributed by atoms with van der Waals surface area (Å²) in [7, 11) is -8.15. The van der Waals surface area contributed by atoms with Crippen LogP contribution in [0.4, 0.5) is 0 Å².